The molecule has 0 aliphatic carbocycles. The van der Waals surface area contributed by atoms with Crippen LogP contribution in [0.3, 0.4) is 0 Å². The minimum atomic E-state index is -1.05. The summed E-state index contributed by atoms with van der Waals surface area (Å²) in [4.78, 5) is 27.5. The number of nitrogens with zero attached hydrogens (tertiary/aromatic N) is 2. The highest BCUT2D eigenvalue weighted by Crippen LogP contribution is 2.31. The van der Waals surface area contributed by atoms with Crippen molar-refractivity contribution in [2.45, 2.75) is 19.3 Å². The van der Waals surface area contributed by atoms with Crippen molar-refractivity contribution in [1.29, 1.82) is 0 Å². The summed E-state index contributed by atoms with van der Waals surface area (Å²) in [6, 6.07) is 4.82. The molecule has 1 atom stereocenters. The van der Waals surface area contributed by atoms with Crippen LogP contribution in [0, 0.1) is 6.92 Å². The van der Waals surface area contributed by atoms with Gasteiger partial charge in [0.15, 0.2) is 0 Å². The molecule has 2 N–H and O–H groups in total. The van der Waals surface area contributed by atoms with Gasteiger partial charge in [0, 0.05) is 31.1 Å². The number of carboxylic acid groups (broad SMARTS) is 1. The average Bonchev–Trinajstić information content (AvgIpc) is 2.44. The number of rotatable bonds is 4. The maximum atomic E-state index is 12.4. The van der Waals surface area contributed by atoms with Crippen molar-refractivity contribution in [3.63, 3.8) is 0 Å². The Morgan fingerprint density at radius 3 is 2.76 bits per heavy atom. The molecule has 6 heteroatoms. The number of aliphatic carboxylic acids is 1. The Morgan fingerprint density at radius 1 is 1.48 bits per heavy atom. The van der Waals surface area contributed by atoms with Gasteiger partial charge in [-0.05, 0) is 24.6 Å². The number of carboxylic acids is 1. The minimum Gasteiger partial charge on any atom is -0.507 e. The molecule has 0 saturated carbocycles. The van der Waals surface area contributed by atoms with E-state index in [9.17, 15) is 14.7 Å². The van der Waals surface area contributed by atoms with Crippen LogP contribution in [0.2, 0.25) is 0 Å². The molecule has 0 bridgehead atoms. The standard InChI is InChI=1S/C15H16N2O4/c1-9-6-12(18)14(15(21)17(9)2)11(7-13(19)20)10-4-3-5-16-8-10/h3-6,8,11,18H,7H2,1-2H3,(H,19,20)/t11-/m1/s1. The molecular formula is C15H16N2O4. The predicted octanol–water partition coefficient (Wildman–Crippen LogP) is 1.40. The molecule has 0 unspecified atom stereocenters. The summed E-state index contributed by atoms with van der Waals surface area (Å²) in [7, 11) is 1.58. The van der Waals surface area contributed by atoms with Gasteiger partial charge < -0.3 is 14.8 Å². The summed E-state index contributed by atoms with van der Waals surface area (Å²) in [5.74, 6) is -1.98. The summed E-state index contributed by atoms with van der Waals surface area (Å²) in [6.45, 7) is 1.70. The number of hydrogen-bond donors (Lipinski definition) is 2. The Kier molecular flexibility index (Phi) is 4.07. The lowest BCUT2D eigenvalue weighted by atomic mass is 9.89. The van der Waals surface area contributed by atoms with E-state index in [4.69, 9.17) is 5.11 Å². The molecule has 21 heavy (non-hydrogen) atoms. The van der Waals surface area contributed by atoms with E-state index in [0.717, 1.165) is 0 Å². The van der Waals surface area contributed by atoms with Crippen LogP contribution in [-0.2, 0) is 11.8 Å². The molecule has 0 aromatic carbocycles. The van der Waals surface area contributed by atoms with Gasteiger partial charge in [-0.1, -0.05) is 6.07 Å². The van der Waals surface area contributed by atoms with Gasteiger partial charge in [-0.3, -0.25) is 14.6 Å². The largest absolute Gasteiger partial charge is 0.507 e. The van der Waals surface area contributed by atoms with Gasteiger partial charge in [-0.25, -0.2) is 0 Å². The zero-order valence-corrected chi connectivity index (χ0v) is 11.8. The number of carbonyl (C=O) groups is 1. The third-order valence-corrected chi connectivity index (χ3v) is 3.50. The zero-order valence-electron chi connectivity index (χ0n) is 11.8. The highest BCUT2D eigenvalue weighted by Gasteiger charge is 2.25. The number of aromatic hydroxyl groups is 1. The molecule has 2 rings (SSSR count). The van der Waals surface area contributed by atoms with E-state index in [0.29, 0.717) is 11.3 Å². The van der Waals surface area contributed by atoms with Gasteiger partial charge >= 0.3 is 5.97 Å². The fourth-order valence-electron chi connectivity index (χ4n) is 2.29. The van der Waals surface area contributed by atoms with E-state index < -0.39 is 17.4 Å². The van der Waals surface area contributed by atoms with Crippen LogP contribution >= 0.6 is 0 Å². The second-order valence-electron chi connectivity index (χ2n) is 4.89. The van der Waals surface area contributed by atoms with Crippen LogP contribution in [-0.4, -0.2) is 25.7 Å². The molecule has 0 spiro atoms. The molecule has 0 aliphatic rings. The van der Waals surface area contributed by atoms with Crippen molar-refractivity contribution in [2.75, 3.05) is 0 Å². The lowest BCUT2D eigenvalue weighted by molar-refractivity contribution is -0.137. The van der Waals surface area contributed by atoms with Crippen molar-refractivity contribution in [3.8, 4) is 5.75 Å². The predicted molar refractivity (Wildman–Crippen MR) is 76.4 cm³/mol. The van der Waals surface area contributed by atoms with E-state index in [1.54, 1.807) is 32.3 Å². The first-order chi connectivity index (χ1) is 9.91. The Morgan fingerprint density at radius 2 is 2.19 bits per heavy atom. The highest BCUT2D eigenvalue weighted by molar-refractivity contribution is 5.69. The van der Waals surface area contributed by atoms with Crippen LogP contribution < -0.4 is 5.56 Å². The maximum absolute atomic E-state index is 12.4. The molecular weight excluding hydrogens is 272 g/mol. The molecule has 0 saturated heterocycles. The van der Waals surface area contributed by atoms with Crippen molar-refractivity contribution in [2.24, 2.45) is 7.05 Å². The average molecular weight is 288 g/mol. The lowest BCUT2D eigenvalue weighted by Crippen LogP contribution is -2.26. The van der Waals surface area contributed by atoms with Gasteiger partial charge in [0.05, 0.1) is 12.0 Å². The van der Waals surface area contributed by atoms with E-state index in [1.807, 2.05) is 0 Å². The number of aromatic nitrogens is 2. The van der Waals surface area contributed by atoms with E-state index in [1.165, 1.54) is 16.8 Å². The molecule has 2 aromatic rings. The first-order valence-electron chi connectivity index (χ1n) is 6.43. The van der Waals surface area contributed by atoms with Crippen LogP contribution in [0.5, 0.6) is 5.75 Å². The second-order valence-corrected chi connectivity index (χ2v) is 4.89. The molecule has 0 aliphatic heterocycles. The molecule has 0 radical (unpaired) electrons. The molecule has 0 fully saturated rings. The SMILES string of the molecule is Cc1cc(O)c([C@H](CC(=O)O)c2cccnc2)c(=O)n1C. The normalized spacial score (nSPS) is 12.1. The summed E-state index contributed by atoms with van der Waals surface area (Å²) in [6.07, 6.45) is 2.78. The van der Waals surface area contributed by atoms with Crippen molar-refractivity contribution >= 4 is 5.97 Å². The summed E-state index contributed by atoms with van der Waals surface area (Å²) >= 11 is 0. The summed E-state index contributed by atoms with van der Waals surface area (Å²) in [5, 5.41) is 19.2. The van der Waals surface area contributed by atoms with Gasteiger partial charge in [0.25, 0.3) is 5.56 Å². The molecule has 110 valence electrons. The highest BCUT2D eigenvalue weighted by atomic mass is 16.4. The van der Waals surface area contributed by atoms with E-state index in [2.05, 4.69) is 4.98 Å². The van der Waals surface area contributed by atoms with Crippen LogP contribution in [0.1, 0.15) is 29.2 Å². The first-order valence-corrected chi connectivity index (χ1v) is 6.43. The van der Waals surface area contributed by atoms with E-state index in [-0.39, 0.29) is 17.7 Å². The molecule has 2 heterocycles. The van der Waals surface area contributed by atoms with Gasteiger partial charge in [-0.15, -0.1) is 0 Å². The van der Waals surface area contributed by atoms with Crippen molar-refractivity contribution in [3.05, 3.63) is 57.8 Å². The lowest BCUT2D eigenvalue weighted by Gasteiger charge is -2.18. The number of pyridine rings is 2. The Balaban J connectivity index is 2.66. The number of aryl methyl sites for hydroxylation is 1. The van der Waals surface area contributed by atoms with Gasteiger partial charge in [-0.2, -0.15) is 0 Å². The Labute approximate surface area is 121 Å². The quantitative estimate of drug-likeness (QED) is 0.887. The van der Waals surface area contributed by atoms with Crippen LogP contribution in [0.4, 0.5) is 0 Å². The Hall–Kier alpha value is -2.63. The smallest absolute Gasteiger partial charge is 0.304 e. The fraction of sp³-hybridized carbons (Fsp3) is 0.267. The van der Waals surface area contributed by atoms with E-state index >= 15 is 0 Å². The first kappa shape index (κ1) is 14.8. The Bertz CT molecular complexity index is 722. The molecule has 0 amide bonds. The topological polar surface area (TPSA) is 92.4 Å². The van der Waals surface area contributed by atoms with Crippen molar-refractivity contribution in [1.82, 2.24) is 9.55 Å². The maximum Gasteiger partial charge on any atom is 0.304 e. The second kappa shape index (κ2) is 5.78. The van der Waals surface area contributed by atoms with Gasteiger partial charge in [0.1, 0.15) is 5.75 Å². The van der Waals surface area contributed by atoms with Crippen LogP contribution in [0.25, 0.3) is 0 Å². The number of hydrogen-bond acceptors (Lipinski definition) is 4. The summed E-state index contributed by atoms with van der Waals surface area (Å²) < 4.78 is 1.39. The zero-order chi connectivity index (χ0) is 15.6. The third kappa shape index (κ3) is 2.94. The third-order valence-electron chi connectivity index (χ3n) is 3.50. The monoisotopic (exact) mass is 288 g/mol. The fourth-order valence-corrected chi connectivity index (χ4v) is 2.29. The van der Waals surface area contributed by atoms with Gasteiger partial charge in [0.2, 0.25) is 0 Å². The van der Waals surface area contributed by atoms with Crippen molar-refractivity contribution < 1.29 is 15.0 Å². The van der Waals surface area contributed by atoms with Crippen LogP contribution in [0.15, 0.2) is 35.4 Å². The molecule has 2 aromatic heterocycles. The minimum absolute atomic E-state index is 0.0819. The molecule has 6 nitrogen and oxygen atoms in total. The summed E-state index contributed by atoms with van der Waals surface area (Å²) in [5.41, 5.74) is 0.860.